The Morgan fingerprint density at radius 3 is 2.25 bits per heavy atom. The minimum atomic E-state index is -0.968. The van der Waals surface area contributed by atoms with Crippen molar-refractivity contribution in [3.8, 4) is 0 Å². The van der Waals surface area contributed by atoms with E-state index in [2.05, 4.69) is 12.7 Å². The summed E-state index contributed by atoms with van der Waals surface area (Å²) in [4.78, 5) is 20.3. The highest BCUT2D eigenvalue weighted by molar-refractivity contribution is 5.78. The fraction of sp³-hybridized carbons (Fsp3) is 0.818. The molecule has 4 N–H and O–H groups in total. The van der Waals surface area contributed by atoms with Crippen LogP contribution < -0.4 is 5.73 Å². The number of hydrogen-bond acceptors (Lipinski definition) is 4. The van der Waals surface area contributed by atoms with Crippen LogP contribution in [0.5, 0.6) is 0 Å². The quantitative estimate of drug-likeness (QED) is 0.614. The number of nitrogens with two attached hydrogens (primary N) is 1. The smallest absolute Gasteiger partial charge is 0.317 e. The van der Waals surface area contributed by atoms with E-state index < -0.39 is 5.97 Å². The number of carbonyl (C=O) groups is 2. The predicted molar refractivity (Wildman–Crippen MR) is 59.9 cm³/mol. The minimum absolute atomic E-state index is 0.145. The highest BCUT2D eigenvalue weighted by Gasteiger charge is 2.33. The van der Waals surface area contributed by atoms with Crippen molar-refractivity contribution in [3.63, 3.8) is 0 Å². The zero-order valence-electron chi connectivity index (χ0n) is 9.69. The zero-order chi connectivity index (χ0) is 12.6. The van der Waals surface area contributed by atoms with Crippen LogP contribution in [-0.2, 0) is 9.59 Å². The van der Waals surface area contributed by atoms with Gasteiger partial charge >= 0.3 is 5.97 Å². The molecule has 0 saturated heterocycles. The van der Waals surface area contributed by atoms with Crippen LogP contribution in [0.3, 0.4) is 0 Å². The van der Waals surface area contributed by atoms with Crippen molar-refractivity contribution >= 4 is 11.8 Å². The average Bonchev–Trinajstić information content (AvgIpc) is 2.92. The van der Waals surface area contributed by atoms with E-state index in [-0.39, 0.29) is 13.2 Å². The Hall–Kier alpha value is -0.940. The first-order valence-electron chi connectivity index (χ1n) is 5.55. The molecular formula is C11H21NO4. The summed E-state index contributed by atoms with van der Waals surface area (Å²) in [5, 5.41) is 16.1. The number of aliphatic hydroxyl groups excluding tert-OH is 1. The summed E-state index contributed by atoms with van der Waals surface area (Å²) in [5.74, 6) is 0.799. The molecule has 0 bridgehead atoms. The summed E-state index contributed by atoms with van der Waals surface area (Å²) < 4.78 is 0. The number of rotatable bonds is 6. The van der Waals surface area contributed by atoms with E-state index in [0.717, 1.165) is 12.3 Å². The lowest BCUT2D eigenvalue weighted by Gasteiger charge is -1.96. The van der Waals surface area contributed by atoms with Crippen molar-refractivity contribution < 1.29 is 19.8 Å². The SMILES string of the molecule is CC1CC1CC(=O)CCCO.NCC(=O)O. The Morgan fingerprint density at radius 2 is 1.94 bits per heavy atom. The van der Waals surface area contributed by atoms with Crippen molar-refractivity contribution in [2.75, 3.05) is 13.2 Å². The highest BCUT2D eigenvalue weighted by atomic mass is 16.4. The Balaban J connectivity index is 0.000000385. The maximum absolute atomic E-state index is 11.1. The number of hydrogen-bond donors (Lipinski definition) is 3. The van der Waals surface area contributed by atoms with E-state index in [1.165, 1.54) is 6.42 Å². The summed E-state index contributed by atoms with van der Waals surface area (Å²) in [5.41, 5.74) is 4.57. The third-order valence-corrected chi connectivity index (χ3v) is 2.55. The van der Waals surface area contributed by atoms with Crippen molar-refractivity contribution in [1.82, 2.24) is 0 Å². The third-order valence-electron chi connectivity index (χ3n) is 2.55. The van der Waals surface area contributed by atoms with Gasteiger partial charge in [0.1, 0.15) is 5.78 Å². The molecule has 16 heavy (non-hydrogen) atoms. The highest BCUT2D eigenvalue weighted by Crippen LogP contribution is 2.40. The molecule has 1 rings (SSSR count). The van der Waals surface area contributed by atoms with Gasteiger partial charge in [0.2, 0.25) is 0 Å². The second-order valence-electron chi connectivity index (χ2n) is 4.14. The summed E-state index contributed by atoms with van der Waals surface area (Å²) in [6.45, 7) is 2.05. The van der Waals surface area contributed by atoms with Crippen LogP contribution in [0.15, 0.2) is 0 Å². The van der Waals surface area contributed by atoms with Gasteiger partial charge in [-0.25, -0.2) is 0 Å². The van der Waals surface area contributed by atoms with Crippen LogP contribution in [0, 0.1) is 11.8 Å². The monoisotopic (exact) mass is 231 g/mol. The molecule has 0 aromatic rings. The predicted octanol–water partition coefficient (Wildman–Crippen LogP) is 0.404. The number of carboxylic acid groups (broad SMARTS) is 1. The fourth-order valence-corrected chi connectivity index (χ4v) is 1.35. The zero-order valence-corrected chi connectivity index (χ0v) is 9.69. The van der Waals surface area contributed by atoms with Gasteiger partial charge < -0.3 is 15.9 Å². The number of ketones is 1. The van der Waals surface area contributed by atoms with Gasteiger partial charge in [0.25, 0.3) is 0 Å². The molecular weight excluding hydrogens is 210 g/mol. The summed E-state index contributed by atoms with van der Waals surface area (Å²) in [6, 6.07) is 0. The van der Waals surface area contributed by atoms with E-state index in [9.17, 15) is 9.59 Å². The van der Waals surface area contributed by atoms with E-state index in [0.29, 0.717) is 24.5 Å². The molecule has 94 valence electrons. The lowest BCUT2D eigenvalue weighted by Crippen LogP contribution is -2.10. The van der Waals surface area contributed by atoms with Gasteiger partial charge in [-0.15, -0.1) is 0 Å². The first-order chi connectivity index (χ1) is 7.51. The molecule has 0 aliphatic heterocycles. The molecule has 0 heterocycles. The van der Waals surface area contributed by atoms with Gasteiger partial charge in [0.05, 0.1) is 6.54 Å². The lowest BCUT2D eigenvalue weighted by atomic mass is 10.1. The molecule has 1 aliphatic carbocycles. The van der Waals surface area contributed by atoms with Gasteiger partial charge in [0, 0.05) is 19.4 Å². The van der Waals surface area contributed by atoms with E-state index >= 15 is 0 Å². The Labute approximate surface area is 95.6 Å². The Kier molecular flexibility index (Phi) is 7.76. The normalized spacial score (nSPS) is 21.9. The van der Waals surface area contributed by atoms with Gasteiger partial charge in [-0.3, -0.25) is 9.59 Å². The van der Waals surface area contributed by atoms with E-state index in [1.54, 1.807) is 0 Å². The number of carbonyl (C=O) groups excluding carboxylic acids is 1. The number of aliphatic carboxylic acids is 1. The molecule has 2 unspecified atom stereocenters. The van der Waals surface area contributed by atoms with E-state index in [1.807, 2.05) is 0 Å². The molecule has 1 fully saturated rings. The Morgan fingerprint density at radius 1 is 1.44 bits per heavy atom. The Bertz CT molecular complexity index is 230. The van der Waals surface area contributed by atoms with Crippen LogP contribution in [0.25, 0.3) is 0 Å². The largest absolute Gasteiger partial charge is 0.480 e. The molecule has 1 saturated carbocycles. The molecule has 0 aromatic carbocycles. The number of carboxylic acids is 1. The molecule has 0 aromatic heterocycles. The first-order valence-corrected chi connectivity index (χ1v) is 5.55. The average molecular weight is 231 g/mol. The van der Waals surface area contributed by atoms with Crippen molar-refractivity contribution in [1.29, 1.82) is 0 Å². The summed E-state index contributed by atoms with van der Waals surface area (Å²) in [6.07, 6.45) is 3.19. The van der Waals surface area contributed by atoms with Crippen LogP contribution in [0.1, 0.15) is 32.6 Å². The van der Waals surface area contributed by atoms with Crippen molar-refractivity contribution in [2.45, 2.75) is 32.6 Å². The molecule has 0 amide bonds. The van der Waals surface area contributed by atoms with Crippen molar-refractivity contribution in [2.24, 2.45) is 17.6 Å². The maximum atomic E-state index is 11.1. The maximum Gasteiger partial charge on any atom is 0.317 e. The lowest BCUT2D eigenvalue weighted by molar-refractivity contribution is -0.135. The minimum Gasteiger partial charge on any atom is -0.480 e. The molecule has 0 radical (unpaired) electrons. The molecule has 2 atom stereocenters. The summed E-state index contributed by atoms with van der Waals surface area (Å²) in [7, 11) is 0. The number of Topliss-reactive ketones (excluding diaryl/α,β-unsaturated/α-hetero) is 1. The second kappa shape index (κ2) is 8.24. The third kappa shape index (κ3) is 8.38. The summed E-state index contributed by atoms with van der Waals surface area (Å²) >= 11 is 0. The van der Waals surface area contributed by atoms with Crippen LogP contribution >= 0.6 is 0 Å². The molecule has 0 spiro atoms. The standard InChI is InChI=1S/C9H16O2.C2H5NO2/c1-7-5-8(7)6-9(11)3-2-4-10;3-1-2(4)5/h7-8,10H,2-6H2,1H3;1,3H2,(H,4,5). The van der Waals surface area contributed by atoms with E-state index in [4.69, 9.17) is 10.2 Å². The van der Waals surface area contributed by atoms with Crippen LogP contribution in [0.4, 0.5) is 0 Å². The molecule has 5 heteroatoms. The van der Waals surface area contributed by atoms with Crippen LogP contribution in [-0.4, -0.2) is 35.1 Å². The van der Waals surface area contributed by atoms with Gasteiger partial charge in [-0.05, 0) is 24.7 Å². The first kappa shape index (κ1) is 15.1. The van der Waals surface area contributed by atoms with Gasteiger partial charge in [-0.1, -0.05) is 6.92 Å². The fourth-order valence-electron chi connectivity index (χ4n) is 1.35. The number of aliphatic hydroxyl groups is 1. The van der Waals surface area contributed by atoms with Gasteiger partial charge in [-0.2, -0.15) is 0 Å². The topological polar surface area (TPSA) is 101 Å². The second-order valence-corrected chi connectivity index (χ2v) is 4.14. The van der Waals surface area contributed by atoms with Gasteiger partial charge in [0.15, 0.2) is 0 Å². The van der Waals surface area contributed by atoms with Crippen LogP contribution in [0.2, 0.25) is 0 Å². The molecule has 5 nitrogen and oxygen atoms in total. The molecule has 1 aliphatic rings. The van der Waals surface area contributed by atoms with Crippen molar-refractivity contribution in [3.05, 3.63) is 0 Å².